The van der Waals surface area contributed by atoms with Crippen molar-refractivity contribution in [3.8, 4) is 0 Å². The van der Waals surface area contributed by atoms with Crippen molar-refractivity contribution in [3.63, 3.8) is 0 Å². The first kappa shape index (κ1) is 16.2. The average molecular weight is 294 g/mol. The van der Waals surface area contributed by atoms with Crippen LogP contribution in [0.15, 0.2) is 18.2 Å². The summed E-state index contributed by atoms with van der Waals surface area (Å²) in [6.07, 6.45) is -0.828. The highest BCUT2D eigenvalue weighted by atomic mass is 19.3. The first-order valence-electron chi connectivity index (χ1n) is 7.03. The van der Waals surface area contributed by atoms with Gasteiger partial charge in [-0.05, 0) is 52.6 Å². The summed E-state index contributed by atoms with van der Waals surface area (Å²) in [7, 11) is -0.469. The van der Waals surface area contributed by atoms with E-state index in [1.807, 2.05) is 41.5 Å². The Kier molecular flexibility index (Phi) is 4.02. The van der Waals surface area contributed by atoms with Crippen LogP contribution in [0.2, 0.25) is 0 Å². The third-order valence-corrected chi connectivity index (χ3v) is 4.38. The van der Waals surface area contributed by atoms with Crippen molar-refractivity contribution in [3.05, 3.63) is 34.9 Å². The zero-order valence-electron chi connectivity index (χ0n) is 13.4. The third-order valence-electron chi connectivity index (χ3n) is 4.38. The number of aryl methyl sites for hydroxylation is 2. The lowest BCUT2D eigenvalue weighted by molar-refractivity contribution is 0.00578. The Bertz CT molecular complexity index is 551. The summed E-state index contributed by atoms with van der Waals surface area (Å²) in [5.74, 6) is 0. The maximum absolute atomic E-state index is 12.4. The van der Waals surface area contributed by atoms with E-state index in [0.717, 1.165) is 22.7 Å². The maximum Gasteiger partial charge on any atom is 0.495 e. The molecule has 0 atom stereocenters. The highest BCUT2D eigenvalue weighted by Crippen LogP contribution is 2.37. The normalized spacial score (nSPS) is 19.7. The summed E-state index contributed by atoms with van der Waals surface area (Å²) in [5, 5.41) is 0. The molecule has 0 saturated carbocycles. The second-order valence-electron chi connectivity index (χ2n) is 6.59. The summed E-state index contributed by atoms with van der Waals surface area (Å²) in [5.41, 5.74) is 2.36. The molecule has 21 heavy (non-hydrogen) atoms. The number of rotatable bonds is 2. The molecule has 1 aliphatic heterocycles. The van der Waals surface area contributed by atoms with Crippen LogP contribution in [0.25, 0.3) is 6.08 Å². The van der Waals surface area contributed by atoms with Crippen LogP contribution in [0.1, 0.15) is 44.4 Å². The van der Waals surface area contributed by atoms with Crippen molar-refractivity contribution in [2.45, 2.75) is 52.7 Å². The van der Waals surface area contributed by atoms with E-state index in [-0.39, 0.29) is 0 Å². The fraction of sp³-hybridized carbons (Fsp3) is 0.500. The maximum atomic E-state index is 12.4. The molecule has 0 unspecified atom stereocenters. The van der Waals surface area contributed by atoms with Gasteiger partial charge in [0, 0.05) is 6.08 Å². The van der Waals surface area contributed by atoms with E-state index >= 15 is 0 Å². The second kappa shape index (κ2) is 5.22. The predicted octanol–water partition coefficient (Wildman–Crippen LogP) is 3.84. The van der Waals surface area contributed by atoms with Crippen molar-refractivity contribution < 1.29 is 18.1 Å². The lowest BCUT2D eigenvalue weighted by Crippen LogP contribution is -2.41. The summed E-state index contributed by atoms with van der Waals surface area (Å²) in [6, 6.07) is 3.46. The Morgan fingerprint density at radius 2 is 1.43 bits per heavy atom. The SMILES string of the molecule is Cc1cc(C=C(F)F)cc(C)c1B1OC(C)(C)C(C)(C)O1. The molecule has 0 radical (unpaired) electrons. The Hall–Kier alpha value is -1.20. The van der Waals surface area contributed by atoms with Crippen molar-refractivity contribution in [2.75, 3.05) is 0 Å². The van der Waals surface area contributed by atoms with E-state index in [1.165, 1.54) is 0 Å². The largest absolute Gasteiger partial charge is 0.495 e. The van der Waals surface area contributed by atoms with Gasteiger partial charge in [0.1, 0.15) is 0 Å². The minimum atomic E-state index is -1.70. The molecule has 0 amide bonds. The minimum absolute atomic E-state index is 0.417. The van der Waals surface area contributed by atoms with Crippen LogP contribution in [-0.2, 0) is 9.31 Å². The van der Waals surface area contributed by atoms with Crippen LogP contribution in [0.5, 0.6) is 0 Å². The smallest absolute Gasteiger partial charge is 0.399 e. The molecule has 114 valence electrons. The van der Waals surface area contributed by atoms with Crippen LogP contribution < -0.4 is 5.46 Å². The molecule has 1 fully saturated rings. The molecule has 1 aromatic rings. The van der Waals surface area contributed by atoms with Gasteiger partial charge in [-0.2, -0.15) is 8.78 Å². The van der Waals surface area contributed by atoms with E-state index in [0.29, 0.717) is 5.56 Å². The molecule has 2 rings (SSSR count). The Morgan fingerprint density at radius 3 is 1.81 bits per heavy atom. The molecule has 0 aliphatic carbocycles. The van der Waals surface area contributed by atoms with Gasteiger partial charge >= 0.3 is 7.12 Å². The molecule has 1 saturated heterocycles. The number of halogens is 2. The number of hydrogen-bond acceptors (Lipinski definition) is 2. The molecule has 0 bridgehead atoms. The van der Waals surface area contributed by atoms with Gasteiger partial charge in [0.25, 0.3) is 6.08 Å². The topological polar surface area (TPSA) is 18.5 Å². The average Bonchev–Trinajstić information content (AvgIpc) is 2.44. The summed E-state index contributed by atoms with van der Waals surface area (Å²) in [4.78, 5) is 0. The number of benzene rings is 1. The van der Waals surface area contributed by atoms with E-state index in [1.54, 1.807) is 12.1 Å². The zero-order valence-corrected chi connectivity index (χ0v) is 13.4. The molecule has 1 aliphatic rings. The molecule has 2 nitrogen and oxygen atoms in total. The Labute approximate surface area is 125 Å². The summed E-state index contributed by atoms with van der Waals surface area (Å²) < 4.78 is 36.9. The van der Waals surface area contributed by atoms with Crippen LogP contribution in [0.3, 0.4) is 0 Å². The van der Waals surface area contributed by atoms with Gasteiger partial charge in [-0.25, -0.2) is 0 Å². The lowest BCUT2D eigenvalue weighted by Gasteiger charge is -2.32. The summed E-state index contributed by atoms with van der Waals surface area (Å²) in [6.45, 7) is 11.8. The molecule has 0 N–H and O–H groups in total. The predicted molar refractivity (Wildman–Crippen MR) is 81.8 cm³/mol. The van der Waals surface area contributed by atoms with Crippen molar-refractivity contribution in [2.24, 2.45) is 0 Å². The van der Waals surface area contributed by atoms with Crippen molar-refractivity contribution in [1.82, 2.24) is 0 Å². The third kappa shape index (κ3) is 3.04. The molecular formula is C16H21BF2O2. The molecule has 0 aromatic heterocycles. The quantitative estimate of drug-likeness (QED) is 0.772. The molecule has 0 spiro atoms. The van der Waals surface area contributed by atoms with Crippen LogP contribution >= 0.6 is 0 Å². The standard InChI is InChI=1S/C16H21BF2O2/c1-10-7-12(9-13(18)19)8-11(2)14(10)17-20-15(3,4)16(5,6)21-17/h7-9H,1-6H3. The van der Waals surface area contributed by atoms with E-state index < -0.39 is 24.4 Å². The van der Waals surface area contributed by atoms with Gasteiger partial charge < -0.3 is 9.31 Å². The van der Waals surface area contributed by atoms with Crippen molar-refractivity contribution in [1.29, 1.82) is 0 Å². The fourth-order valence-electron chi connectivity index (χ4n) is 2.55. The monoisotopic (exact) mass is 294 g/mol. The van der Waals surface area contributed by atoms with E-state index in [9.17, 15) is 8.78 Å². The van der Waals surface area contributed by atoms with Crippen LogP contribution in [-0.4, -0.2) is 18.3 Å². The van der Waals surface area contributed by atoms with Gasteiger partial charge in [0.2, 0.25) is 0 Å². The first-order valence-corrected chi connectivity index (χ1v) is 7.03. The van der Waals surface area contributed by atoms with Crippen LogP contribution in [0, 0.1) is 13.8 Å². The van der Waals surface area contributed by atoms with Crippen molar-refractivity contribution >= 4 is 18.7 Å². The van der Waals surface area contributed by atoms with E-state index in [4.69, 9.17) is 9.31 Å². The Morgan fingerprint density at radius 1 is 1.00 bits per heavy atom. The second-order valence-corrected chi connectivity index (χ2v) is 6.59. The van der Waals surface area contributed by atoms with Gasteiger partial charge in [0.05, 0.1) is 11.2 Å². The van der Waals surface area contributed by atoms with Gasteiger partial charge in [-0.3, -0.25) is 0 Å². The number of hydrogen-bond donors (Lipinski definition) is 0. The lowest BCUT2D eigenvalue weighted by atomic mass is 9.73. The van der Waals surface area contributed by atoms with E-state index in [2.05, 4.69) is 0 Å². The van der Waals surface area contributed by atoms with Gasteiger partial charge in [0.15, 0.2) is 0 Å². The fourth-order valence-corrected chi connectivity index (χ4v) is 2.55. The minimum Gasteiger partial charge on any atom is -0.399 e. The Balaban J connectivity index is 2.41. The highest BCUT2D eigenvalue weighted by Gasteiger charge is 2.52. The molecular weight excluding hydrogens is 273 g/mol. The zero-order chi connectivity index (χ0) is 16.0. The highest BCUT2D eigenvalue weighted by molar-refractivity contribution is 6.63. The first-order chi connectivity index (χ1) is 9.53. The molecule has 5 heteroatoms. The molecule has 1 heterocycles. The molecule has 1 aromatic carbocycles. The van der Waals surface area contributed by atoms with Crippen LogP contribution in [0.4, 0.5) is 8.78 Å². The summed E-state index contributed by atoms with van der Waals surface area (Å²) >= 11 is 0. The van der Waals surface area contributed by atoms with Gasteiger partial charge in [-0.1, -0.05) is 23.3 Å². The van der Waals surface area contributed by atoms with Gasteiger partial charge in [-0.15, -0.1) is 0 Å².